The Morgan fingerprint density at radius 3 is 2.55 bits per heavy atom. The molecule has 1 aromatic carbocycles. The highest BCUT2D eigenvalue weighted by molar-refractivity contribution is 5.94. The van der Waals surface area contributed by atoms with Crippen LogP contribution in [-0.4, -0.2) is 20.4 Å². The first kappa shape index (κ1) is 22.0. The Bertz CT molecular complexity index is 1330. The van der Waals surface area contributed by atoms with Crippen molar-refractivity contribution in [2.75, 3.05) is 5.73 Å². The van der Waals surface area contributed by atoms with E-state index in [-0.39, 0.29) is 11.5 Å². The highest BCUT2D eigenvalue weighted by atomic mass is 16.1. The average Bonchev–Trinajstić information content (AvgIpc) is 2.81. The highest BCUT2D eigenvalue weighted by Crippen LogP contribution is 2.13. The maximum Gasteiger partial charge on any atom is 0.253 e. The third kappa shape index (κ3) is 5.71. The smallest absolute Gasteiger partial charge is 0.253 e. The predicted molar refractivity (Wildman–Crippen MR) is 128 cm³/mol. The van der Waals surface area contributed by atoms with Crippen molar-refractivity contribution in [1.82, 2.24) is 19.9 Å². The van der Waals surface area contributed by atoms with Gasteiger partial charge in [0.1, 0.15) is 5.82 Å². The average molecular weight is 440 g/mol. The van der Waals surface area contributed by atoms with Crippen LogP contribution in [0.3, 0.4) is 0 Å². The number of aromatic nitrogens is 3. The van der Waals surface area contributed by atoms with E-state index in [1.807, 2.05) is 43.3 Å². The zero-order valence-electron chi connectivity index (χ0n) is 18.4. The van der Waals surface area contributed by atoms with Crippen LogP contribution < -0.4 is 16.6 Å². The minimum absolute atomic E-state index is 0.0226. The van der Waals surface area contributed by atoms with Gasteiger partial charge in [0.2, 0.25) is 0 Å². The Hall–Kier alpha value is -4.26. The molecule has 0 aliphatic carbocycles. The summed E-state index contributed by atoms with van der Waals surface area (Å²) in [5, 5.41) is 2.91. The van der Waals surface area contributed by atoms with E-state index in [2.05, 4.69) is 15.3 Å². The summed E-state index contributed by atoms with van der Waals surface area (Å²) in [4.78, 5) is 32.8. The van der Waals surface area contributed by atoms with Crippen molar-refractivity contribution in [1.29, 1.82) is 0 Å². The number of amides is 1. The van der Waals surface area contributed by atoms with Gasteiger partial charge in [-0.05, 0) is 59.4 Å². The first-order valence-corrected chi connectivity index (χ1v) is 10.6. The van der Waals surface area contributed by atoms with Crippen LogP contribution in [0.1, 0.15) is 38.2 Å². The molecular weight excluding hydrogens is 414 g/mol. The molecule has 0 saturated heterocycles. The molecule has 7 nitrogen and oxygen atoms in total. The van der Waals surface area contributed by atoms with Gasteiger partial charge in [-0.3, -0.25) is 14.6 Å². The lowest BCUT2D eigenvalue weighted by Gasteiger charge is -2.09. The molecule has 4 aromatic rings. The number of nitrogens with zero attached hydrogens (tertiary/aromatic N) is 3. The highest BCUT2D eigenvalue weighted by Gasteiger charge is 2.09. The number of hydrogen-bond acceptors (Lipinski definition) is 5. The van der Waals surface area contributed by atoms with E-state index in [4.69, 9.17) is 5.73 Å². The van der Waals surface area contributed by atoms with E-state index < -0.39 is 0 Å². The molecule has 0 saturated carbocycles. The number of pyridine rings is 3. The van der Waals surface area contributed by atoms with Crippen LogP contribution in [0.25, 0.3) is 0 Å². The van der Waals surface area contributed by atoms with E-state index >= 15 is 0 Å². The van der Waals surface area contributed by atoms with Crippen LogP contribution in [-0.2, 0) is 19.5 Å². The molecule has 7 heteroatoms. The molecule has 0 bridgehead atoms. The van der Waals surface area contributed by atoms with Crippen molar-refractivity contribution in [3.8, 4) is 0 Å². The Labute approximate surface area is 192 Å². The molecule has 166 valence electrons. The molecule has 0 fully saturated rings. The number of hydrogen-bond donors (Lipinski definition) is 2. The minimum Gasteiger partial charge on any atom is -0.384 e. The molecule has 33 heavy (non-hydrogen) atoms. The second kappa shape index (κ2) is 9.91. The fraction of sp³-hybridized carbons (Fsp3) is 0.154. The summed E-state index contributed by atoms with van der Waals surface area (Å²) in [5.41, 5.74) is 11.2. The zero-order valence-corrected chi connectivity index (χ0v) is 18.4. The minimum atomic E-state index is -0.191. The summed E-state index contributed by atoms with van der Waals surface area (Å²) in [5.74, 6) is 0.269. The van der Waals surface area contributed by atoms with Crippen LogP contribution in [0.5, 0.6) is 0 Å². The number of carbonyl (C=O) groups excluding carboxylic acids is 1. The first-order valence-electron chi connectivity index (χ1n) is 10.6. The SMILES string of the molecule is Cc1cc(N)ncc1CNC(=O)c1cncc(Cc2ccc(Cn3ccccc3=O)cc2)c1. The van der Waals surface area contributed by atoms with Gasteiger partial charge in [0, 0.05) is 37.4 Å². The lowest BCUT2D eigenvalue weighted by Crippen LogP contribution is -2.23. The van der Waals surface area contributed by atoms with E-state index in [1.54, 1.807) is 47.6 Å². The summed E-state index contributed by atoms with van der Waals surface area (Å²) in [6, 6.07) is 16.9. The maximum absolute atomic E-state index is 12.6. The maximum atomic E-state index is 12.6. The molecule has 0 spiro atoms. The van der Waals surface area contributed by atoms with Gasteiger partial charge in [0.15, 0.2) is 0 Å². The van der Waals surface area contributed by atoms with E-state index in [0.717, 1.165) is 27.8 Å². The van der Waals surface area contributed by atoms with Crippen LogP contribution in [0.2, 0.25) is 0 Å². The van der Waals surface area contributed by atoms with Crippen molar-refractivity contribution in [3.63, 3.8) is 0 Å². The number of anilines is 1. The van der Waals surface area contributed by atoms with E-state index in [0.29, 0.717) is 30.9 Å². The first-order chi connectivity index (χ1) is 16.0. The van der Waals surface area contributed by atoms with Gasteiger partial charge in [-0.2, -0.15) is 0 Å². The van der Waals surface area contributed by atoms with Crippen LogP contribution in [0, 0.1) is 6.92 Å². The Morgan fingerprint density at radius 2 is 1.79 bits per heavy atom. The largest absolute Gasteiger partial charge is 0.384 e. The number of carbonyl (C=O) groups is 1. The molecule has 0 aliphatic rings. The molecule has 3 heterocycles. The van der Waals surface area contributed by atoms with Gasteiger partial charge < -0.3 is 15.6 Å². The van der Waals surface area contributed by atoms with Gasteiger partial charge in [-0.15, -0.1) is 0 Å². The lowest BCUT2D eigenvalue weighted by molar-refractivity contribution is 0.0950. The van der Waals surface area contributed by atoms with Crippen LogP contribution in [0.4, 0.5) is 5.82 Å². The molecule has 1 amide bonds. The molecular formula is C26H25N5O2. The van der Waals surface area contributed by atoms with Gasteiger partial charge >= 0.3 is 0 Å². The molecule has 3 N–H and O–H groups in total. The normalized spacial score (nSPS) is 10.7. The van der Waals surface area contributed by atoms with Gasteiger partial charge in [0.05, 0.1) is 12.1 Å². The fourth-order valence-electron chi connectivity index (χ4n) is 3.56. The van der Waals surface area contributed by atoms with Crippen molar-refractivity contribution < 1.29 is 4.79 Å². The van der Waals surface area contributed by atoms with Gasteiger partial charge in [-0.1, -0.05) is 30.3 Å². The van der Waals surface area contributed by atoms with Gasteiger partial charge in [-0.25, -0.2) is 4.98 Å². The van der Waals surface area contributed by atoms with E-state index in [1.165, 1.54) is 0 Å². The van der Waals surface area contributed by atoms with Crippen LogP contribution in [0.15, 0.2) is 84.2 Å². The van der Waals surface area contributed by atoms with E-state index in [9.17, 15) is 9.59 Å². The monoisotopic (exact) mass is 439 g/mol. The Kier molecular flexibility index (Phi) is 6.59. The Balaban J connectivity index is 1.38. The number of nitrogens with two attached hydrogens (primary N) is 1. The third-order valence-electron chi connectivity index (χ3n) is 5.42. The van der Waals surface area contributed by atoms with Crippen molar-refractivity contribution in [2.45, 2.75) is 26.4 Å². The molecule has 3 aromatic heterocycles. The standard InChI is InChI=1S/C26H25N5O2/c1-18-10-24(27)29-15-23(18)16-30-26(33)22-12-21(13-28-14-22)11-19-5-7-20(8-6-19)17-31-9-3-2-4-25(31)32/h2-10,12-15H,11,16-17H2,1H3,(H2,27,29)(H,30,33). The number of aryl methyl sites for hydroxylation is 1. The summed E-state index contributed by atoms with van der Waals surface area (Å²) >= 11 is 0. The predicted octanol–water partition coefficient (Wildman–Crippen LogP) is 3.10. The van der Waals surface area contributed by atoms with Crippen molar-refractivity contribution >= 4 is 11.7 Å². The summed E-state index contributed by atoms with van der Waals surface area (Å²) < 4.78 is 1.67. The molecule has 0 aliphatic heterocycles. The molecule has 0 radical (unpaired) electrons. The topological polar surface area (TPSA) is 103 Å². The number of rotatable bonds is 7. The fourth-order valence-corrected chi connectivity index (χ4v) is 3.56. The molecule has 0 unspecified atom stereocenters. The number of nitrogens with one attached hydrogen (secondary N) is 1. The third-order valence-corrected chi connectivity index (χ3v) is 5.42. The van der Waals surface area contributed by atoms with Crippen molar-refractivity contribution in [2.24, 2.45) is 0 Å². The zero-order chi connectivity index (χ0) is 23.2. The van der Waals surface area contributed by atoms with Crippen LogP contribution >= 0.6 is 0 Å². The second-order valence-corrected chi connectivity index (χ2v) is 7.96. The number of benzene rings is 1. The Morgan fingerprint density at radius 1 is 1.00 bits per heavy atom. The second-order valence-electron chi connectivity index (χ2n) is 7.96. The lowest BCUT2D eigenvalue weighted by atomic mass is 10.0. The summed E-state index contributed by atoms with van der Waals surface area (Å²) in [6.07, 6.45) is 7.44. The molecule has 4 rings (SSSR count). The van der Waals surface area contributed by atoms with Gasteiger partial charge in [0.25, 0.3) is 11.5 Å². The molecule has 0 atom stereocenters. The summed E-state index contributed by atoms with van der Waals surface area (Å²) in [6.45, 7) is 2.83. The number of nitrogen functional groups attached to an aromatic ring is 1. The summed E-state index contributed by atoms with van der Waals surface area (Å²) in [7, 11) is 0. The van der Waals surface area contributed by atoms with Crippen molar-refractivity contribution in [3.05, 3.63) is 123 Å². The quantitative estimate of drug-likeness (QED) is 0.461.